The van der Waals surface area contributed by atoms with Crippen LogP contribution in [0, 0.1) is 18.2 Å². The maximum absolute atomic E-state index is 14.6. The number of hydrogen-bond donors (Lipinski definition) is 2. The molecular weight excluding hydrogens is 411 g/mol. The van der Waals surface area contributed by atoms with Gasteiger partial charge in [0.2, 0.25) is 0 Å². The Balaban J connectivity index is 1.31. The minimum atomic E-state index is -0.748. The van der Waals surface area contributed by atoms with E-state index in [9.17, 15) is 9.18 Å². The standard InChI is InChI=1S/C24H25FN4O3/c1-14-4-16(23(30)29-31)6-20(25)19(14)7-22-27-11-21(28-22)18-5-17(9-26-10-18)15-2-3-24(8-15)12-32-13-24/h4-6,9-10,15,31H,2-3,7-8,11-13H2,1H3,(H,29,30). The number of amides is 1. The number of carbonyl (C=O) groups excluding carboxylic acids is 1. The first-order valence-corrected chi connectivity index (χ1v) is 10.8. The summed E-state index contributed by atoms with van der Waals surface area (Å²) in [5, 5.41) is 8.77. The highest BCUT2D eigenvalue weighted by molar-refractivity contribution is 6.12. The van der Waals surface area contributed by atoms with Gasteiger partial charge in [-0.25, -0.2) is 14.9 Å². The Morgan fingerprint density at radius 2 is 2.16 bits per heavy atom. The zero-order chi connectivity index (χ0) is 22.3. The van der Waals surface area contributed by atoms with E-state index in [0.29, 0.717) is 34.8 Å². The summed E-state index contributed by atoms with van der Waals surface area (Å²) in [6.07, 6.45) is 7.51. The molecule has 166 valence electrons. The van der Waals surface area contributed by atoms with Crippen molar-refractivity contribution in [2.75, 3.05) is 19.8 Å². The predicted octanol–water partition coefficient (Wildman–Crippen LogP) is 3.38. The maximum Gasteiger partial charge on any atom is 0.274 e. The van der Waals surface area contributed by atoms with Crippen LogP contribution in [-0.2, 0) is 11.2 Å². The van der Waals surface area contributed by atoms with Crippen molar-refractivity contribution in [1.82, 2.24) is 10.5 Å². The van der Waals surface area contributed by atoms with E-state index in [2.05, 4.69) is 21.0 Å². The average Bonchev–Trinajstić information content (AvgIpc) is 3.43. The monoisotopic (exact) mass is 436 g/mol. The lowest BCUT2D eigenvalue weighted by Crippen LogP contribution is -2.40. The number of ether oxygens (including phenoxy) is 1. The molecule has 1 aliphatic carbocycles. The lowest BCUT2D eigenvalue weighted by atomic mass is 9.82. The van der Waals surface area contributed by atoms with Gasteiger partial charge in [0.15, 0.2) is 0 Å². The second-order valence-electron chi connectivity index (χ2n) is 9.10. The first kappa shape index (κ1) is 20.9. The topological polar surface area (TPSA) is 96.2 Å². The van der Waals surface area contributed by atoms with Gasteiger partial charge in [0.1, 0.15) is 11.7 Å². The average molecular weight is 436 g/mol. The van der Waals surface area contributed by atoms with E-state index in [1.165, 1.54) is 17.5 Å². The molecule has 8 heteroatoms. The molecule has 3 aliphatic rings. The largest absolute Gasteiger partial charge is 0.380 e. The van der Waals surface area contributed by atoms with Crippen molar-refractivity contribution in [3.8, 4) is 0 Å². The van der Waals surface area contributed by atoms with Gasteiger partial charge in [-0.05, 0) is 67.0 Å². The molecule has 1 amide bonds. The number of halogens is 1. The smallest absolute Gasteiger partial charge is 0.274 e. The highest BCUT2D eigenvalue weighted by Crippen LogP contribution is 2.50. The Bertz CT molecular complexity index is 1120. The van der Waals surface area contributed by atoms with Gasteiger partial charge in [0, 0.05) is 35.4 Å². The fraction of sp³-hybridized carbons (Fsp3) is 0.417. The number of amidine groups is 1. The molecule has 5 rings (SSSR count). The number of aliphatic imine (C=N–C) groups is 2. The quantitative estimate of drug-likeness (QED) is 0.555. The van der Waals surface area contributed by atoms with Crippen LogP contribution in [0.15, 0.2) is 40.6 Å². The number of rotatable bonds is 5. The number of hydroxylamine groups is 1. The minimum Gasteiger partial charge on any atom is -0.380 e. The van der Waals surface area contributed by atoms with Gasteiger partial charge in [-0.15, -0.1) is 0 Å². The molecule has 7 nitrogen and oxygen atoms in total. The van der Waals surface area contributed by atoms with Crippen molar-refractivity contribution in [3.05, 3.63) is 64.2 Å². The summed E-state index contributed by atoms with van der Waals surface area (Å²) in [6.45, 7) is 3.92. The van der Waals surface area contributed by atoms with E-state index in [1.54, 1.807) is 13.0 Å². The fourth-order valence-corrected chi connectivity index (χ4v) is 4.98. The molecule has 1 aromatic heterocycles. The van der Waals surface area contributed by atoms with E-state index in [0.717, 1.165) is 43.4 Å². The second kappa shape index (κ2) is 8.18. The Morgan fingerprint density at radius 1 is 1.31 bits per heavy atom. The van der Waals surface area contributed by atoms with Crippen LogP contribution in [0.25, 0.3) is 0 Å². The SMILES string of the molecule is Cc1cc(C(=O)NO)cc(F)c1CC1=NCC(c2cncc(C3CCC4(COC4)C3)c2)=N1. The summed E-state index contributed by atoms with van der Waals surface area (Å²) in [5.74, 6) is -0.213. The van der Waals surface area contributed by atoms with Gasteiger partial charge in [-0.3, -0.25) is 20.0 Å². The molecule has 2 N–H and O–H groups in total. The van der Waals surface area contributed by atoms with Crippen molar-refractivity contribution >= 4 is 17.5 Å². The lowest BCUT2D eigenvalue weighted by molar-refractivity contribution is -0.109. The first-order valence-electron chi connectivity index (χ1n) is 10.8. The van der Waals surface area contributed by atoms with Gasteiger partial charge in [0.05, 0.1) is 25.5 Å². The number of aromatic nitrogens is 1. The summed E-state index contributed by atoms with van der Waals surface area (Å²) in [6, 6.07) is 4.82. The Morgan fingerprint density at radius 3 is 2.84 bits per heavy atom. The Kier molecular flexibility index (Phi) is 5.35. The molecule has 32 heavy (non-hydrogen) atoms. The molecule has 2 aromatic rings. The number of nitrogens with one attached hydrogen (secondary N) is 1. The third-order valence-electron chi connectivity index (χ3n) is 6.88. The fourth-order valence-electron chi connectivity index (χ4n) is 4.98. The van der Waals surface area contributed by atoms with Crippen LogP contribution in [0.3, 0.4) is 0 Å². The number of pyridine rings is 1. The molecule has 1 atom stereocenters. The summed E-state index contributed by atoms with van der Waals surface area (Å²) in [5.41, 5.74) is 6.04. The molecule has 0 bridgehead atoms. The number of benzene rings is 1. The van der Waals surface area contributed by atoms with Crippen LogP contribution in [0.2, 0.25) is 0 Å². The van der Waals surface area contributed by atoms with Crippen LogP contribution in [0.1, 0.15) is 57.8 Å². The molecule has 1 saturated heterocycles. The van der Waals surface area contributed by atoms with Crippen molar-refractivity contribution in [2.45, 2.75) is 38.5 Å². The molecule has 2 fully saturated rings. The van der Waals surface area contributed by atoms with E-state index in [1.807, 2.05) is 12.4 Å². The molecule has 1 saturated carbocycles. The van der Waals surface area contributed by atoms with E-state index in [4.69, 9.17) is 9.94 Å². The normalized spacial score (nSPS) is 21.3. The molecule has 3 heterocycles. The molecule has 1 unspecified atom stereocenters. The summed E-state index contributed by atoms with van der Waals surface area (Å²) in [7, 11) is 0. The summed E-state index contributed by atoms with van der Waals surface area (Å²) in [4.78, 5) is 25.2. The van der Waals surface area contributed by atoms with Gasteiger partial charge < -0.3 is 4.74 Å². The second-order valence-corrected chi connectivity index (χ2v) is 9.10. The van der Waals surface area contributed by atoms with E-state index >= 15 is 0 Å². The van der Waals surface area contributed by atoms with Crippen molar-refractivity contribution in [2.24, 2.45) is 15.4 Å². The third kappa shape index (κ3) is 3.84. The van der Waals surface area contributed by atoms with Crippen molar-refractivity contribution in [1.29, 1.82) is 0 Å². The maximum atomic E-state index is 14.6. The number of nitrogens with zero attached hydrogens (tertiary/aromatic N) is 3. The van der Waals surface area contributed by atoms with Crippen molar-refractivity contribution in [3.63, 3.8) is 0 Å². The van der Waals surface area contributed by atoms with E-state index < -0.39 is 11.7 Å². The molecule has 1 spiro atoms. The zero-order valence-corrected chi connectivity index (χ0v) is 17.9. The molecule has 2 aliphatic heterocycles. The Labute approximate surface area is 185 Å². The van der Waals surface area contributed by atoms with Crippen LogP contribution >= 0.6 is 0 Å². The minimum absolute atomic E-state index is 0.0637. The van der Waals surface area contributed by atoms with Crippen LogP contribution < -0.4 is 5.48 Å². The third-order valence-corrected chi connectivity index (χ3v) is 6.88. The van der Waals surface area contributed by atoms with E-state index in [-0.39, 0.29) is 12.0 Å². The van der Waals surface area contributed by atoms with Gasteiger partial charge in [0.25, 0.3) is 5.91 Å². The molecule has 1 aromatic carbocycles. The lowest BCUT2D eigenvalue weighted by Gasteiger charge is -2.38. The van der Waals surface area contributed by atoms with Crippen LogP contribution in [0.5, 0.6) is 0 Å². The van der Waals surface area contributed by atoms with Gasteiger partial charge in [-0.1, -0.05) is 0 Å². The summed E-state index contributed by atoms with van der Waals surface area (Å²) < 4.78 is 20.1. The highest BCUT2D eigenvalue weighted by atomic mass is 19.1. The predicted molar refractivity (Wildman–Crippen MR) is 117 cm³/mol. The molecular formula is C24H25FN4O3. The number of hydrogen-bond acceptors (Lipinski definition) is 6. The first-order chi connectivity index (χ1) is 15.5. The molecule has 0 radical (unpaired) electrons. The van der Waals surface area contributed by atoms with Gasteiger partial charge in [-0.2, -0.15) is 0 Å². The Hall–Kier alpha value is -2.97. The van der Waals surface area contributed by atoms with Gasteiger partial charge >= 0.3 is 0 Å². The number of carbonyl (C=O) groups is 1. The highest BCUT2D eigenvalue weighted by Gasteiger charge is 2.45. The van der Waals surface area contributed by atoms with Crippen molar-refractivity contribution < 1.29 is 19.1 Å². The zero-order valence-electron chi connectivity index (χ0n) is 17.9. The summed E-state index contributed by atoms with van der Waals surface area (Å²) >= 11 is 0. The van der Waals surface area contributed by atoms with Crippen LogP contribution in [0.4, 0.5) is 4.39 Å². The van der Waals surface area contributed by atoms with Crippen LogP contribution in [-0.4, -0.2) is 47.4 Å². The number of aryl methyl sites for hydroxylation is 1.